The van der Waals surface area contributed by atoms with Crippen molar-refractivity contribution in [2.75, 3.05) is 0 Å². The number of aromatic nitrogens is 1. The van der Waals surface area contributed by atoms with E-state index in [-0.39, 0.29) is 23.8 Å². The lowest BCUT2D eigenvalue weighted by Gasteiger charge is -2.04. The van der Waals surface area contributed by atoms with E-state index in [0.29, 0.717) is 21.6 Å². The molecule has 7 heteroatoms. The van der Waals surface area contributed by atoms with Gasteiger partial charge >= 0.3 is 5.97 Å². The third-order valence-corrected chi connectivity index (χ3v) is 3.80. The fraction of sp³-hybridized carbons (Fsp3) is 0.0588. The SMILES string of the molecule is O=C(O)c1ccc(CNC(=O)c2cc3c(O)cc(Cl)cc3[nH]2)cc1. The molecule has 1 amide bonds. The second kappa shape index (κ2) is 6.25. The van der Waals surface area contributed by atoms with Crippen LogP contribution in [0.1, 0.15) is 26.4 Å². The number of hydrogen-bond donors (Lipinski definition) is 4. The minimum absolute atomic E-state index is 0.00272. The number of nitrogens with one attached hydrogen (secondary N) is 2. The van der Waals surface area contributed by atoms with E-state index < -0.39 is 5.97 Å². The monoisotopic (exact) mass is 344 g/mol. The number of carbonyl (C=O) groups is 2. The average molecular weight is 345 g/mol. The van der Waals surface area contributed by atoms with E-state index in [1.807, 2.05) is 0 Å². The molecule has 4 N–H and O–H groups in total. The molecule has 0 radical (unpaired) electrons. The fourth-order valence-electron chi connectivity index (χ4n) is 2.35. The number of aromatic amines is 1. The Bertz CT molecular complexity index is 932. The van der Waals surface area contributed by atoms with E-state index >= 15 is 0 Å². The number of carboxylic acids is 1. The largest absolute Gasteiger partial charge is 0.507 e. The summed E-state index contributed by atoms with van der Waals surface area (Å²) in [5.74, 6) is -1.34. The van der Waals surface area contributed by atoms with Gasteiger partial charge in [0.2, 0.25) is 0 Å². The Morgan fingerprint density at radius 2 is 1.83 bits per heavy atom. The second-order valence-electron chi connectivity index (χ2n) is 5.25. The summed E-state index contributed by atoms with van der Waals surface area (Å²) in [7, 11) is 0. The van der Waals surface area contributed by atoms with Crippen LogP contribution in [0, 0.1) is 0 Å². The van der Waals surface area contributed by atoms with Crippen LogP contribution in [-0.2, 0) is 6.54 Å². The Labute approximate surface area is 141 Å². The van der Waals surface area contributed by atoms with Gasteiger partial charge in [0.25, 0.3) is 5.91 Å². The van der Waals surface area contributed by atoms with Crippen molar-refractivity contribution in [1.82, 2.24) is 10.3 Å². The van der Waals surface area contributed by atoms with Gasteiger partial charge in [0.15, 0.2) is 0 Å². The average Bonchev–Trinajstić information content (AvgIpc) is 2.97. The number of H-pyrrole nitrogens is 1. The van der Waals surface area contributed by atoms with Gasteiger partial charge in [-0.25, -0.2) is 4.79 Å². The fourth-order valence-corrected chi connectivity index (χ4v) is 2.56. The quantitative estimate of drug-likeness (QED) is 0.583. The molecule has 1 heterocycles. The number of phenols is 1. The first-order valence-corrected chi connectivity index (χ1v) is 7.43. The van der Waals surface area contributed by atoms with Gasteiger partial charge in [-0.15, -0.1) is 0 Å². The van der Waals surface area contributed by atoms with E-state index in [2.05, 4.69) is 10.3 Å². The molecule has 0 saturated carbocycles. The molecule has 122 valence electrons. The van der Waals surface area contributed by atoms with Crippen molar-refractivity contribution >= 4 is 34.4 Å². The Balaban J connectivity index is 1.73. The van der Waals surface area contributed by atoms with E-state index in [1.54, 1.807) is 24.3 Å². The molecule has 0 fully saturated rings. The van der Waals surface area contributed by atoms with Gasteiger partial charge in [0, 0.05) is 17.0 Å². The summed E-state index contributed by atoms with van der Waals surface area (Å²) in [6.07, 6.45) is 0. The molecular weight excluding hydrogens is 332 g/mol. The third-order valence-electron chi connectivity index (χ3n) is 3.58. The van der Waals surface area contributed by atoms with E-state index in [0.717, 1.165) is 5.56 Å². The summed E-state index contributed by atoms with van der Waals surface area (Å²) < 4.78 is 0. The van der Waals surface area contributed by atoms with Gasteiger partial charge in [0.05, 0.1) is 11.1 Å². The number of carbonyl (C=O) groups excluding carboxylic acids is 1. The highest BCUT2D eigenvalue weighted by Gasteiger charge is 2.12. The van der Waals surface area contributed by atoms with Crippen molar-refractivity contribution < 1.29 is 19.8 Å². The molecule has 0 atom stereocenters. The van der Waals surface area contributed by atoms with Crippen LogP contribution in [0.4, 0.5) is 0 Å². The number of carboxylic acid groups (broad SMARTS) is 1. The van der Waals surface area contributed by atoms with Crippen molar-refractivity contribution in [3.8, 4) is 5.75 Å². The van der Waals surface area contributed by atoms with Crippen LogP contribution >= 0.6 is 11.6 Å². The van der Waals surface area contributed by atoms with Crippen molar-refractivity contribution in [3.63, 3.8) is 0 Å². The van der Waals surface area contributed by atoms with Gasteiger partial charge in [-0.1, -0.05) is 23.7 Å². The maximum Gasteiger partial charge on any atom is 0.335 e. The van der Waals surface area contributed by atoms with Crippen LogP contribution in [0.15, 0.2) is 42.5 Å². The Morgan fingerprint density at radius 1 is 1.12 bits per heavy atom. The molecule has 1 aromatic heterocycles. The maximum atomic E-state index is 12.2. The molecule has 0 saturated heterocycles. The standard InChI is InChI=1S/C17H13ClN2O4/c18-11-5-13-12(15(21)6-11)7-14(20-13)16(22)19-8-9-1-3-10(4-2-9)17(23)24/h1-7,20-21H,8H2,(H,19,22)(H,23,24). The number of aromatic hydroxyl groups is 1. The first-order valence-electron chi connectivity index (χ1n) is 7.05. The molecule has 3 rings (SSSR count). The highest BCUT2D eigenvalue weighted by Crippen LogP contribution is 2.29. The Morgan fingerprint density at radius 3 is 2.50 bits per heavy atom. The van der Waals surface area contributed by atoms with Crippen molar-refractivity contribution in [3.05, 3.63) is 64.3 Å². The van der Waals surface area contributed by atoms with Crippen molar-refractivity contribution in [2.24, 2.45) is 0 Å². The molecule has 0 aliphatic heterocycles. The molecule has 6 nitrogen and oxygen atoms in total. The highest BCUT2D eigenvalue weighted by atomic mass is 35.5. The number of rotatable bonds is 4. The second-order valence-corrected chi connectivity index (χ2v) is 5.69. The normalized spacial score (nSPS) is 10.7. The lowest BCUT2D eigenvalue weighted by atomic mass is 10.1. The summed E-state index contributed by atoms with van der Waals surface area (Å²) in [6, 6.07) is 10.8. The first kappa shape index (κ1) is 15.9. The van der Waals surface area contributed by atoms with Crippen LogP contribution in [0.25, 0.3) is 10.9 Å². The van der Waals surface area contributed by atoms with Crippen molar-refractivity contribution in [1.29, 1.82) is 0 Å². The number of phenolic OH excluding ortho intramolecular Hbond substituents is 1. The highest BCUT2D eigenvalue weighted by molar-refractivity contribution is 6.31. The molecule has 0 spiro atoms. The van der Waals surface area contributed by atoms with E-state index in [1.165, 1.54) is 18.2 Å². The van der Waals surface area contributed by atoms with Crippen LogP contribution in [0.5, 0.6) is 5.75 Å². The molecule has 0 aliphatic carbocycles. The lowest BCUT2D eigenvalue weighted by Crippen LogP contribution is -2.23. The van der Waals surface area contributed by atoms with E-state index in [9.17, 15) is 14.7 Å². The van der Waals surface area contributed by atoms with Gasteiger partial charge in [-0.3, -0.25) is 4.79 Å². The molecule has 24 heavy (non-hydrogen) atoms. The van der Waals surface area contributed by atoms with Gasteiger partial charge in [-0.2, -0.15) is 0 Å². The van der Waals surface area contributed by atoms with Crippen LogP contribution in [0.3, 0.4) is 0 Å². The van der Waals surface area contributed by atoms with Crippen LogP contribution in [0.2, 0.25) is 5.02 Å². The smallest absolute Gasteiger partial charge is 0.335 e. The molecule has 3 aromatic rings. The van der Waals surface area contributed by atoms with Gasteiger partial charge in [0.1, 0.15) is 11.4 Å². The zero-order valence-electron chi connectivity index (χ0n) is 12.3. The Kier molecular flexibility index (Phi) is 4.14. The topological polar surface area (TPSA) is 102 Å². The third kappa shape index (κ3) is 3.18. The predicted molar refractivity (Wildman–Crippen MR) is 89.5 cm³/mol. The van der Waals surface area contributed by atoms with Crippen molar-refractivity contribution in [2.45, 2.75) is 6.54 Å². The number of amides is 1. The molecule has 0 unspecified atom stereocenters. The summed E-state index contributed by atoms with van der Waals surface area (Å²) in [4.78, 5) is 25.9. The predicted octanol–water partition coefficient (Wildman–Crippen LogP) is 3.16. The minimum atomic E-state index is -0.998. The van der Waals surface area contributed by atoms with Gasteiger partial charge in [-0.05, 0) is 35.9 Å². The van der Waals surface area contributed by atoms with Gasteiger partial charge < -0.3 is 20.5 Å². The molecule has 0 aliphatic rings. The molecule has 2 aromatic carbocycles. The van der Waals surface area contributed by atoms with E-state index in [4.69, 9.17) is 16.7 Å². The Hall–Kier alpha value is -2.99. The zero-order valence-corrected chi connectivity index (χ0v) is 13.1. The number of benzene rings is 2. The summed E-state index contributed by atoms with van der Waals surface area (Å²) in [5, 5.41) is 22.3. The molecule has 0 bridgehead atoms. The summed E-state index contributed by atoms with van der Waals surface area (Å²) in [5.41, 5.74) is 1.82. The number of hydrogen-bond acceptors (Lipinski definition) is 3. The maximum absolute atomic E-state index is 12.2. The molecular formula is C17H13ClN2O4. The summed E-state index contributed by atoms with van der Waals surface area (Å²) >= 11 is 5.87. The van der Waals surface area contributed by atoms with Crippen LogP contribution in [-0.4, -0.2) is 27.1 Å². The minimum Gasteiger partial charge on any atom is -0.507 e. The lowest BCUT2D eigenvalue weighted by molar-refractivity contribution is 0.0696. The first-order chi connectivity index (χ1) is 11.4. The number of aromatic carboxylic acids is 1. The summed E-state index contributed by atoms with van der Waals surface area (Å²) in [6.45, 7) is 0.251. The van der Waals surface area contributed by atoms with Crippen LogP contribution < -0.4 is 5.32 Å². The number of fused-ring (bicyclic) bond motifs is 1. The number of halogens is 1. The zero-order chi connectivity index (χ0) is 17.3.